The van der Waals surface area contributed by atoms with Gasteiger partial charge in [-0.05, 0) is 42.8 Å². The molecule has 1 N–H and O–H groups in total. The molecule has 0 aliphatic carbocycles. The summed E-state index contributed by atoms with van der Waals surface area (Å²) in [4.78, 5) is 26.6. The molecule has 1 aliphatic heterocycles. The van der Waals surface area contributed by atoms with Gasteiger partial charge in [0.1, 0.15) is 5.25 Å². The Bertz CT molecular complexity index is 1150. The monoisotopic (exact) mass is 521 g/mol. The Labute approximate surface area is 193 Å². The third kappa shape index (κ3) is 5.63. The Hall–Kier alpha value is -2.43. The lowest BCUT2D eigenvalue weighted by Gasteiger charge is -2.14. The number of amidine groups is 1. The number of nitrogens with one attached hydrogen (secondary N) is 1. The number of para-hydroxylation sites is 1. The van der Waals surface area contributed by atoms with Crippen molar-refractivity contribution in [3.05, 3.63) is 71.2 Å². The Morgan fingerprint density at radius 2 is 1.94 bits per heavy atom. The van der Waals surface area contributed by atoms with E-state index in [0.29, 0.717) is 5.69 Å². The number of carbonyl (C=O) groups is 2. The standard InChI is InChI=1S/C21H20BrN3O4S2/c1-3-12-25-20(27)18(13-19(26)23-17-7-5-4-6-14(17)2)30-21(25)24-31(28,29)16-10-8-15(22)9-11-16/h3-11,18H,1,12-13H2,2H3,(H,23,26)/t18-/m1/s1. The molecule has 2 aromatic carbocycles. The molecule has 2 aromatic rings. The first kappa shape index (κ1) is 23.2. The second-order valence-corrected chi connectivity index (χ2v) is 10.4. The van der Waals surface area contributed by atoms with Crippen LogP contribution >= 0.6 is 27.7 Å². The zero-order valence-corrected chi connectivity index (χ0v) is 19.8. The predicted octanol–water partition coefficient (Wildman–Crippen LogP) is 3.96. The Balaban J connectivity index is 1.80. The Morgan fingerprint density at radius 1 is 1.26 bits per heavy atom. The summed E-state index contributed by atoms with van der Waals surface area (Å²) in [7, 11) is -4.02. The molecule has 0 unspecified atom stereocenters. The lowest BCUT2D eigenvalue weighted by Crippen LogP contribution is -2.34. The zero-order chi connectivity index (χ0) is 22.6. The van der Waals surface area contributed by atoms with Crippen LogP contribution in [0.4, 0.5) is 5.69 Å². The fourth-order valence-electron chi connectivity index (χ4n) is 2.85. The minimum Gasteiger partial charge on any atom is -0.326 e. The molecule has 0 bridgehead atoms. The highest BCUT2D eigenvalue weighted by Crippen LogP contribution is 2.31. The van der Waals surface area contributed by atoms with E-state index < -0.39 is 15.3 Å². The van der Waals surface area contributed by atoms with E-state index in [0.717, 1.165) is 21.8 Å². The van der Waals surface area contributed by atoms with Crippen LogP contribution in [0, 0.1) is 6.92 Å². The second kappa shape index (κ2) is 9.80. The van der Waals surface area contributed by atoms with Gasteiger partial charge in [0, 0.05) is 23.1 Å². The van der Waals surface area contributed by atoms with Gasteiger partial charge < -0.3 is 5.32 Å². The first-order valence-corrected chi connectivity index (χ1v) is 12.4. The van der Waals surface area contributed by atoms with E-state index in [2.05, 4.69) is 32.2 Å². The van der Waals surface area contributed by atoms with Gasteiger partial charge in [-0.1, -0.05) is 52.0 Å². The number of hydrogen-bond acceptors (Lipinski definition) is 5. The number of halogens is 1. The van der Waals surface area contributed by atoms with E-state index >= 15 is 0 Å². The molecule has 1 heterocycles. The van der Waals surface area contributed by atoms with Gasteiger partial charge in [0.2, 0.25) is 11.8 Å². The molecule has 10 heteroatoms. The van der Waals surface area contributed by atoms with Crippen LogP contribution in [0.5, 0.6) is 0 Å². The van der Waals surface area contributed by atoms with Crippen molar-refractivity contribution in [2.75, 3.05) is 11.9 Å². The van der Waals surface area contributed by atoms with Crippen molar-refractivity contribution >= 4 is 60.4 Å². The molecule has 1 fully saturated rings. The third-order valence-corrected chi connectivity index (χ3v) is 7.53. The van der Waals surface area contributed by atoms with Gasteiger partial charge in [-0.25, -0.2) is 0 Å². The van der Waals surface area contributed by atoms with Gasteiger partial charge in [-0.3, -0.25) is 14.5 Å². The first-order valence-electron chi connectivity index (χ1n) is 9.26. The molecule has 0 saturated carbocycles. The molecular formula is C21H20BrN3O4S2. The van der Waals surface area contributed by atoms with Crippen molar-refractivity contribution in [2.24, 2.45) is 4.40 Å². The molecule has 1 atom stereocenters. The smallest absolute Gasteiger partial charge is 0.284 e. The normalized spacial score (nSPS) is 17.7. The van der Waals surface area contributed by atoms with Gasteiger partial charge in [-0.2, -0.15) is 8.42 Å². The van der Waals surface area contributed by atoms with Crippen LogP contribution in [0.2, 0.25) is 0 Å². The second-order valence-electron chi connectivity index (χ2n) is 6.71. The minimum absolute atomic E-state index is 0.00977. The number of nitrogens with zero attached hydrogens (tertiary/aromatic N) is 2. The summed E-state index contributed by atoms with van der Waals surface area (Å²) in [5.74, 6) is -0.717. The van der Waals surface area contributed by atoms with E-state index in [1.165, 1.54) is 23.1 Å². The number of rotatable bonds is 7. The zero-order valence-electron chi connectivity index (χ0n) is 16.6. The van der Waals surface area contributed by atoms with E-state index in [1.807, 2.05) is 25.1 Å². The number of aryl methyl sites for hydroxylation is 1. The number of thioether (sulfide) groups is 1. The average Bonchev–Trinajstić information content (AvgIpc) is 2.98. The largest absolute Gasteiger partial charge is 0.326 e. The summed E-state index contributed by atoms with van der Waals surface area (Å²) < 4.78 is 30.0. The van der Waals surface area contributed by atoms with Crippen LogP contribution < -0.4 is 5.32 Å². The van der Waals surface area contributed by atoms with Crippen molar-refractivity contribution in [3.8, 4) is 0 Å². The summed E-state index contributed by atoms with van der Waals surface area (Å²) in [6.07, 6.45) is 1.37. The lowest BCUT2D eigenvalue weighted by molar-refractivity contribution is -0.127. The summed E-state index contributed by atoms with van der Waals surface area (Å²) in [6, 6.07) is 13.4. The molecule has 7 nitrogen and oxygen atoms in total. The maximum atomic E-state index is 12.8. The van der Waals surface area contributed by atoms with Crippen molar-refractivity contribution in [1.82, 2.24) is 4.90 Å². The van der Waals surface area contributed by atoms with Gasteiger partial charge >= 0.3 is 0 Å². The van der Waals surface area contributed by atoms with Gasteiger partial charge in [0.25, 0.3) is 10.0 Å². The average molecular weight is 522 g/mol. The molecule has 31 heavy (non-hydrogen) atoms. The highest BCUT2D eigenvalue weighted by molar-refractivity contribution is 9.10. The van der Waals surface area contributed by atoms with Crippen LogP contribution in [0.25, 0.3) is 0 Å². The number of amides is 2. The molecule has 1 saturated heterocycles. The predicted molar refractivity (Wildman–Crippen MR) is 126 cm³/mol. The maximum absolute atomic E-state index is 12.8. The van der Waals surface area contributed by atoms with E-state index in [1.54, 1.807) is 18.2 Å². The van der Waals surface area contributed by atoms with Gasteiger partial charge in [-0.15, -0.1) is 11.0 Å². The summed E-state index contributed by atoms with van der Waals surface area (Å²) in [6.45, 7) is 5.58. The number of sulfonamides is 1. The summed E-state index contributed by atoms with van der Waals surface area (Å²) in [5, 5.41) is 2.05. The van der Waals surface area contributed by atoms with E-state index in [-0.39, 0.29) is 34.8 Å². The molecule has 0 spiro atoms. The van der Waals surface area contributed by atoms with Crippen LogP contribution in [0.1, 0.15) is 12.0 Å². The van der Waals surface area contributed by atoms with Gasteiger partial charge in [0.05, 0.1) is 4.90 Å². The Kier molecular flexibility index (Phi) is 7.34. The number of hydrogen-bond donors (Lipinski definition) is 1. The molecule has 1 aliphatic rings. The Morgan fingerprint density at radius 3 is 2.58 bits per heavy atom. The maximum Gasteiger partial charge on any atom is 0.284 e. The van der Waals surface area contributed by atoms with Gasteiger partial charge in [0.15, 0.2) is 5.17 Å². The third-order valence-electron chi connectivity index (χ3n) is 4.43. The highest BCUT2D eigenvalue weighted by atomic mass is 79.9. The van der Waals surface area contributed by atoms with Crippen molar-refractivity contribution in [2.45, 2.75) is 23.5 Å². The first-order chi connectivity index (χ1) is 14.7. The van der Waals surface area contributed by atoms with Crippen LogP contribution in [-0.4, -0.2) is 42.1 Å². The number of carbonyl (C=O) groups excluding carboxylic acids is 2. The SMILES string of the molecule is C=CCN1C(=O)[C@@H](CC(=O)Nc2ccccc2C)SC1=NS(=O)(=O)c1ccc(Br)cc1. The molecule has 2 amide bonds. The van der Waals surface area contributed by atoms with Crippen LogP contribution in [0.15, 0.2) is 75.0 Å². The fraction of sp³-hybridized carbons (Fsp3) is 0.190. The van der Waals surface area contributed by atoms with E-state index in [4.69, 9.17) is 0 Å². The summed E-state index contributed by atoms with van der Waals surface area (Å²) in [5.41, 5.74) is 1.56. The molecule has 0 radical (unpaired) electrons. The molecule has 0 aromatic heterocycles. The lowest BCUT2D eigenvalue weighted by atomic mass is 10.2. The minimum atomic E-state index is -4.02. The van der Waals surface area contributed by atoms with Crippen molar-refractivity contribution in [1.29, 1.82) is 0 Å². The molecule has 3 rings (SSSR count). The highest BCUT2D eigenvalue weighted by Gasteiger charge is 2.39. The van der Waals surface area contributed by atoms with Crippen LogP contribution in [-0.2, 0) is 19.6 Å². The topological polar surface area (TPSA) is 95.9 Å². The van der Waals surface area contributed by atoms with Crippen molar-refractivity contribution in [3.63, 3.8) is 0 Å². The number of anilines is 1. The van der Waals surface area contributed by atoms with E-state index in [9.17, 15) is 18.0 Å². The van der Waals surface area contributed by atoms with Crippen LogP contribution in [0.3, 0.4) is 0 Å². The molecule has 162 valence electrons. The quantitative estimate of drug-likeness (QED) is 0.556. The molecular weight excluding hydrogens is 502 g/mol. The summed E-state index contributed by atoms with van der Waals surface area (Å²) >= 11 is 4.22. The number of benzene rings is 2. The van der Waals surface area contributed by atoms with Crippen molar-refractivity contribution < 1.29 is 18.0 Å². The fourth-order valence-corrected chi connectivity index (χ4v) is 5.48.